The molecule has 0 radical (unpaired) electrons. The van der Waals surface area contributed by atoms with E-state index >= 15 is 0 Å². The van der Waals surface area contributed by atoms with Crippen LogP contribution in [-0.4, -0.2) is 56.7 Å². The van der Waals surface area contributed by atoms with E-state index in [0.717, 1.165) is 25.9 Å². The molecule has 1 aliphatic heterocycles. The van der Waals surface area contributed by atoms with Crippen LogP contribution < -0.4 is 5.32 Å². The van der Waals surface area contributed by atoms with E-state index in [0.29, 0.717) is 6.54 Å². The summed E-state index contributed by atoms with van der Waals surface area (Å²) in [6.45, 7) is 5.97. The van der Waals surface area contributed by atoms with Crippen molar-refractivity contribution in [3.63, 3.8) is 0 Å². The van der Waals surface area contributed by atoms with E-state index in [4.69, 9.17) is 4.74 Å². The van der Waals surface area contributed by atoms with E-state index in [2.05, 4.69) is 5.32 Å². The largest absolute Gasteiger partial charge is 0.466 e. The van der Waals surface area contributed by atoms with Crippen LogP contribution in [0.2, 0.25) is 0 Å². The van der Waals surface area contributed by atoms with Crippen molar-refractivity contribution in [1.82, 2.24) is 9.62 Å². The number of esters is 1. The molecular formula is C12H24N2O4S. The number of piperidine rings is 1. The third-order valence-corrected chi connectivity index (χ3v) is 5.25. The Morgan fingerprint density at radius 1 is 1.32 bits per heavy atom. The summed E-state index contributed by atoms with van der Waals surface area (Å²) in [4.78, 5) is 11.3. The Kier molecular flexibility index (Phi) is 6.74. The first kappa shape index (κ1) is 16.4. The molecule has 0 aliphatic carbocycles. The summed E-state index contributed by atoms with van der Waals surface area (Å²) in [6.07, 6.45) is 1.58. The maximum absolute atomic E-state index is 12.3. The lowest BCUT2D eigenvalue weighted by molar-refractivity contribution is -0.142. The third-order valence-electron chi connectivity index (χ3n) is 3.25. The second kappa shape index (κ2) is 7.81. The average Bonchev–Trinajstić information content (AvgIpc) is 2.39. The normalized spacial score (nSPS) is 17.6. The van der Waals surface area contributed by atoms with Gasteiger partial charge in [-0.05, 0) is 32.9 Å². The number of hydrogen-bond acceptors (Lipinski definition) is 5. The molecule has 7 heteroatoms. The molecular weight excluding hydrogens is 268 g/mol. The average molecular weight is 292 g/mol. The number of nitrogens with one attached hydrogen (secondary N) is 1. The number of carbonyl (C=O) groups is 1. The molecule has 0 amide bonds. The van der Waals surface area contributed by atoms with Crippen molar-refractivity contribution < 1.29 is 17.9 Å². The molecule has 0 spiro atoms. The molecule has 0 unspecified atom stereocenters. The Bertz CT molecular complexity index is 377. The van der Waals surface area contributed by atoms with Gasteiger partial charge < -0.3 is 10.1 Å². The number of rotatable bonds is 7. The lowest BCUT2D eigenvalue weighted by Crippen LogP contribution is -2.46. The van der Waals surface area contributed by atoms with Crippen LogP contribution in [0.25, 0.3) is 0 Å². The third kappa shape index (κ3) is 5.08. The summed E-state index contributed by atoms with van der Waals surface area (Å²) in [5.74, 6) is -0.615. The molecule has 19 heavy (non-hydrogen) atoms. The van der Waals surface area contributed by atoms with Crippen LogP contribution >= 0.6 is 0 Å². The Balaban J connectivity index is 2.59. The summed E-state index contributed by atoms with van der Waals surface area (Å²) in [5, 5.41) is 3.22. The van der Waals surface area contributed by atoms with Crippen molar-refractivity contribution >= 4 is 16.0 Å². The maximum Gasteiger partial charge on any atom is 0.306 e. The van der Waals surface area contributed by atoms with E-state index in [-0.39, 0.29) is 24.8 Å². The van der Waals surface area contributed by atoms with Gasteiger partial charge in [0.15, 0.2) is 0 Å². The number of ether oxygens (including phenoxy) is 1. The van der Waals surface area contributed by atoms with Gasteiger partial charge in [-0.15, -0.1) is 0 Å². The molecule has 0 aromatic heterocycles. The predicted molar refractivity (Wildman–Crippen MR) is 73.3 cm³/mol. The first-order chi connectivity index (χ1) is 9.01. The maximum atomic E-state index is 12.3. The first-order valence-electron chi connectivity index (χ1n) is 6.87. The predicted octanol–water partition coefficient (Wildman–Crippen LogP) is 0.343. The van der Waals surface area contributed by atoms with E-state index < -0.39 is 16.0 Å². The highest BCUT2D eigenvalue weighted by Crippen LogP contribution is 2.16. The van der Waals surface area contributed by atoms with Gasteiger partial charge in [0, 0.05) is 12.6 Å². The molecule has 1 N–H and O–H groups in total. The number of carbonyl (C=O) groups excluding carboxylic acids is 1. The number of sulfonamides is 1. The highest BCUT2D eigenvalue weighted by molar-refractivity contribution is 7.89. The van der Waals surface area contributed by atoms with Crippen LogP contribution in [-0.2, 0) is 19.6 Å². The van der Waals surface area contributed by atoms with Crippen molar-refractivity contribution in [3.05, 3.63) is 0 Å². The van der Waals surface area contributed by atoms with Gasteiger partial charge in [0.1, 0.15) is 0 Å². The molecule has 0 atom stereocenters. The van der Waals surface area contributed by atoms with Crippen molar-refractivity contribution in [2.75, 3.05) is 32.0 Å². The number of nitrogens with zero attached hydrogens (tertiary/aromatic N) is 1. The summed E-state index contributed by atoms with van der Waals surface area (Å²) in [6, 6.07) is 0.0541. The fraction of sp³-hybridized carbons (Fsp3) is 0.917. The van der Waals surface area contributed by atoms with Crippen LogP contribution in [0.5, 0.6) is 0 Å². The Hall–Kier alpha value is -0.660. The van der Waals surface area contributed by atoms with Gasteiger partial charge >= 0.3 is 5.97 Å². The highest BCUT2D eigenvalue weighted by atomic mass is 32.2. The quantitative estimate of drug-likeness (QED) is 0.685. The molecule has 0 saturated carbocycles. The summed E-state index contributed by atoms with van der Waals surface area (Å²) >= 11 is 0. The Morgan fingerprint density at radius 2 is 1.95 bits per heavy atom. The van der Waals surface area contributed by atoms with Crippen LogP contribution in [0.3, 0.4) is 0 Å². The van der Waals surface area contributed by atoms with Gasteiger partial charge in [-0.3, -0.25) is 4.79 Å². The molecule has 112 valence electrons. The summed E-state index contributed by atoms with van der Waals surface area (Å²) < 4.78 is 30.8. The zero-order valence-corrected chi connectivity index (χ0v) is 12.5. The molecule has 1 rings (SSSR count). The Labute approximate surface area is 115 Å². The molecule has 0 aromatic rings. The second-order valence-electron chi connectivity index (χ2n) is 4.56. The van der Waals surface area contributed by atoms with Gasteiger partial charge in [0.25, 0.3) is 0 Å². The standard InChI is InChI=1S/C12H24N2O4S/c1-3-14(11-5-8-13-9-6-11)19(16,17)10-7-12(15)18-4-2/h11,13H,3-10H2,1-2H3. The highest BCUT2D eigenvalue weighted by Gasteiger charge is 2.29. The van der Waals surface area contributed by atoms with E-state index in [9.17, 15) is 13.2 Å². The van der Waals surface area contributed by atoms with E-state index in [1.165, 1.54) is 4.31 Å². The molecule has 0 bridgehead atoms. The fourth-order valence-corrected chi connectivity index (χ4v) is 4.06. The SMILES string of the molecule is CCOC(=O)CCS(=O)(=O)N(CC)C1CCNCC1. The van der Waals surface area contributed by atoms with Gasteiger partial charge in [0.2, 0.25) is 10.0 Å². The van der Waals surface area contributed by atoms with Crippen LogP contribution in [0.15, 0.2) is 0 Å². The Morgan fingerprint density at radius 3 is 2.47 bits per heavy atom. The summed E-state index contributed by atoms with van der Waals surface area (Å²) in [5.41, 5.74) is 0. The molecule has 1 saturated heterocycles. The van der Waals surface area contributed by atoms with Crippen molar-refractivity contribution in [3.8, 4) is 0 Å². The van der Waals surface area contributed by atoms with Gasteiger partial charge in [-0.2, -0.15) is 4.31 Å². The minimum absolute atomic E-state index is 0.0541. The summed E-state index contributed by atoms with van der Waals surface area (Å²) in [7, 11) is -3.38. The van der Waals surface area contributed by atoms with Crippen LogP contribution in [0, 0.1) is 0 Å². The molecule has 6 nitrogen and oxygen atoms in total. The molecule has 0 aromatic carbocycles. The van der Waals surface area contributed by atoms with Crippen molar-refractivity contribution in [2.24, 2.45) is 0 Å². The second-order valence-corrected chi connectivity index (χ2v) is 6.60. The van der Waals surface area contributed by atoms with E-state index in [1.807, 2.05) is 6.92 Å². The zero-order chi connectivity index (χ0) is 14.3. The lowest BCUT2D eigenvalue weighted by atomic mass is 10.1. The number of hydrogen-bond donors (Lipinski definition) is 1. The van der Waals surface area contributed by atoms with E-state index in [1.54, 1.807) is 6.92 Å². The molecule has 1 fully saturated rings. The zero-order valence-electron chi connectivity index (χ0n) is 11.7. The topological polar surface area (TPSA) is 75.7 Å². The first-order valence-corrected chi connectivity index (χ1v) is 8.48. The molecule has 1 aliphatic rings. The fourth-order valence-electron chi connectivity index (χ4n) is 2.34. The van der Waals surface area contributed by atoms with Crippen LogP contribution in [0.4, 0.5) is 0 Å². The van der Waals surface area contributed by atoms with Crippen molar-refractivity contribution in [1.29, 1.82) is 0 Å². The lowest BCUT2D eigenvalue weighted by Gasteiger charge is -2.32. The monoisotopic (exact) mass is 292 g/mol. The van der Waals surface area contributed by atoms with Gasteiger partial charge in [0.05, 0.1) is 18.8 Å². The van der Waals surface area contributed by atoms with Crippen molar-refractivity contribution in [2.45, 2.75) is 39.2 Å². The smallest absolute Gasteiger partial charge is 0.306 e. The molecule has 1 heterocycles. The minimum atomic E-state index is -3.38. The van der Waals surface area contributed by atoms with Gasteiger partial charge in [-0.1, -0.05) is 6.92 Å². The minimum Gasteiger partial charge on any atom is -0.466 e. The van der Waals surface area contributed by atoms with Gasteiger partial charge in [-0.25, -0.2) is 8.42 Å². The van der Waals surface area contributed by atoms with Crippen LogP contribution in [0.1, 0.15) is 33.1 Å².